The SMILES string of the molecule is OC(CN1CCOCC1)CN1CC(n2cccn2)C1. The molecule has 1 aromatic heterocycles. The predicted octanol–water partition coefficient (Wildman–Crippen LogP) is -0.567. The quantitative estimate of drug-likeness (QED) is 0.774. The fourth-order valence-electron chi connectivity index (χ4n) is 2.79. The smallest absolute Gasteiger partial charge is 0.0793 e. The minimum Gasteiger partial charge on any atom is -0.390 e. The number of aliphatic hydroxyl groups is 1. The van der Waals surface area contributed by atoms with Crippen LogP contribution in [-0.4, -0.2) is 83.3 Å². The van der Waals surface area contributed by atoms with Gasteiger partial charge in [0.25, 0.3) is 0 Å². The van der Waals surface area contributed by atoms with Crippen LogP contribution in [0.2, 0.25) is 0 Å². The topological polar surface area (TPSA) is 53.8 Å². The van der Waals surface area contributed by atoms with Crippen molar-refractivity contribution in [1.29, 1.82) is 0 Å². The summed E-state index contributed by atoms with van der Waals surface area (Å²) in [7, 11) is 0. The van der Waals surface area contributed by atoms with E-state index < -0.39 is 0 Å². The van der Waals surface area contributed by atoms with Gasteiger partial charge in [-0.25, -0.2) is 0 Å². The molecule has 1 N–H and O–H groups in total. The van der Waals surface area contributed by atoms with Crippen LogP contribution in [0, 0.1) is 0 Å². The summed E-state index contributed by atoms with van der Waals surface area (Å²) < 4.78 is 7.31. The van der Waals surface area contributed by atoms with Gasteiger partial charge in [0.1, 0.15) is 0 Å². The van der Waals surface area contributed by atoms with Gasteiger partial charge >= 0.3 is 0 Å². The van der Waals surface area contributed by atoms with E-state index in [0.717, 1.165) is 52.5 Å². The molecule has 1 atom stereocenters. The Morgan fingerprint density at radius 2 is 1.95 bits per heavy atom. The summed E-state index contributed by atoms with van der Waals surface area (Å²) in [4.78, 5) is 4.57. The molecule has 3 heterocycles. The summed E-state index contributed by atoms with van der Waals surface area (Å²) in [6, 6.07) is 2.43. The lowest BCUT2D eigenvalue weighted by Gasteiger charge is -2.40. The first-order valence-corrected chi connectivity index (χ1v) is 7.01. The van der Waals surface area contributed by atoms with Gasteiger partial charge in [0.15, 0.2) is 0 Å². The summed E-state index contributed by atoms with van der Waals surface area (Å²) in [5.41, 5.74) is 0. The molecule has 106 valence electrons. The molecule has 6 heteroatoms. The predicted molar refractivity (Wildman–Crippen MR) is 71.0 cm³/mol. The molecule has 2 saturated heterocycles. The van der Waals surface area contributed by atoms with Crippen molar-refractivity contribution in [3.8, 4) is 0 Å². The molecule has 3 rings (SSSR count). The first kappa shape index (κ1) is 13.1. The number of aromatic nitrogens is 2. The highest BCUT2D eigenvalue weighted by Gasteiger charge is 2.30. The van der Waals surface area contributed by atoms with E-state index in [4.69, 9.17) is 4.74 Å². The maximum atomic E-state index is 10.1. The molecular formula is C13H22N4O2. The minimum absolute atomic E-state index is 0.267. The zero-order valence-corrected chi connectivity index (χ0v) is 11.2. The van der Waals surface area contributed by atoms with Gasteiger partial charge in [-0.1, -0.05) is 0 Å². The second kappa shape index (κ2) is 6.00. The lowest BCUT2D eigenvalue weighted by Crippen LogP contribution is -2.52. The first-order chi connectivity index (χ1) is 9.31. The lowest BCUT2D eigenvalue weighted by atomic mass is 10.1. The van der Waals surface area contributed by atoms with Crippen LogP contribution < -0.4 is 0 Å². The van der Waals surface area contributed by atoms with Crippen LogP contribution in [0.25, 0.3) is 0 Å². The zero-order valence-electron chi connectivity index (χ0n) is 11.2. The van der Waals surface area contributed by atoms with Crippen molar-refractivity contribution in [2.24, 2.45) is 0 Å². The molecule has 0 radical (unpaired) electrons. The molecule has 0 spiro atoms. The number of hydrogen-bond donors (Lipinski definition) is 1. The second-order valence-electron chi connectivity index (χ2n) is 5.43. The maximum Gasteiger partial charge on any atom is 0.0793 e. The Kier molecular flexibility index (Phi) is 4.12. The Morgan fingerprint density at radius 1 is 1.21 bits per heavy atom. The van der Waals surface area contributed by atoms with E-state index in [9.17, 15) is 5.11 Å². The number of morpholine rings is 1. The van der Waals surface area contributed by atoms with Crippen molar-refractivity contribution in [3.05, 3.63) is 18.5 Å². The Balaban J connectivity index is 1.36. The summed E-state index contributed by atoms with van der Waals surface area (Å²) in [6.45, 7) is 6.95. The normalized spacial score (nSPS) is 24.3. The van der Waals surface area contributed by atoms with Gasteiger partial charge in [0.05, 0.1) is 25.4 Å². The van der Waals surface area contributed by atoms with E-state index in [-0.39, 0.29) is 6.10 Å². The van der Waals surface area contributed by atoms with Crippen molar-refractivity contribution < 1.29 is 9.84 Å². The molecule has 2 aliphatic rings. The molecule has 0 bridgehead atoms. The highest BCUT2D eigenvalue weighted by atomic mass is 16.5. The van der Waals surface area contributed by atoms with Crippen molar-refractivity contribution in [2.75, 3.05) is 52.5 Å². The highest BCUT2D eigenvalue weighted by Crippen LogP contribution is 2.20. The molecule has 0 aliphatic carbocycles. The first-order valence-electron chi connectivity index (χ1n) is 7.01. The Hall–Kier alpha value is -0.950. The van der Waals surface area contributed by atoms with Gasteiger partial charge < -0.3 is 9.84 Å². The van der Waals surface area contributed by atoms with Gasteiger partial charge in [-0.3, -0.25) is 14.5 Å². The van der Waals surface area contributed by atoms with Crippen LogP contribution in [0.4, 0.5) is 0 Å². The molecule has 0 amide bonds. The van der Waals surface area contributed by atoms with Crippen LogP contribution in [0.5, 0.6) is 0 Å². The number of nitrogens with zero attached hydrogens (tertiary/aromatic N) is 4. The fourth-order valence-corrected chi connectivity index (χ4v) is 2.79. The number of rotatable bonds is 5. The summed E-state index contributed by atoms with van der Waals surface area (Å²) in [6.07, 6.45) is 3.55. The average Bonchev–Trinajstić information content (AvgIpc) is 2.88. The molecule has 0 saturated carbocycles. The van der Waals surface area contributed by atoms with Crippen LogP contribution >= 0.6 is 0 Å². The largest absolute Gasteiger partial charge is 0.390 e. The Labute approximate surface area is 113 Å². The van der Waals surface area contributed by atoms with E-state index in [1.807, 2.05) is 23.1 Å². The van der Waals surface area contributed by atoms with Gasteiger partial charge in [-0.2, -0.15) is 5.10 Å². The summed E-state index contributed by atoms with van der Waals surface area (Å²) in [5, 5.41) is 14.4. The number of likely N-dealkylation sites (tertiary alicyclic amines) is 1. The molecule has 6 nitrogen and oxygen atoms in total. The van der Waals surface area contributed by atoms with Crippen LogP contribution in [0.1, 0.15) is 6.04 Å². The van der Waals surface area contributed by atoms with E-state index in [0.29, 0.717) is 6.04 Å². The third-order valence-electron chi connectivity index (χ3n) is 3.88. The molecule has 0 aromatic carbocycles. The van der Waals surface area contributed by atoms with E-state index >= 15 is 0 Å². The standard InChI is InChI=1S/C13H22N4O2/c18-13(10-15-4-6-19-7-5-15)11-16-8-12(9-16)17-3-1-2-14-17/h1-3,12-13,18H,4-11H2. The second-order valence-corrected chi connectivity index (χ2v) is 5.43. The molecule has 1 unspecified atom stereocenters. The van der Waals surface area contributed by atoms with E-state index in [1.54, 1.807) is 0 Å². The van der Waals surface area contributed by atoms with Crippen molar-refractivity contribution in [3.63, 3.8) is 0 Å². The summed E-state index contributed by atoms with van der Waals surface area (Å²) >= 11 is 0. The molecule has 1 aromatic rings. The number of β-amino-alcohol motifs (C(OH)–C–C–N with tert-alkyl or cyclic N) is 1. The third kappa shape index (κ3) is 3.33. The minimum atomic E-state index is -0.267. The zero-order chi connectivity index (χ0) is 13.1. The monoisotopic (exact) mass is 266 g/mol. The fraction of sp³-hybridized carbons (Fsp3) is 0.769. The van der Waals surface area contributed by atoms with Crippen molar-refractivity contribution in [2.45, 2.75) is 12.1 Å². The van der Waals surface area contributed by atoms with Crippen LogP contribution in [-0.2, 0) is 4.74 Å². The Morgan fingerprint density at radius 3 is 2.63 bits per heavy atom. The third-order valence-corrected chi connectivity index (χ3v) is 3.88. The van der Waals surface area contributed by atoms with Crippen molar-refractivity contribution >= 4 is 0 Å². The molecular weight excluding hydrogens is 244 g/mol. The highest BCUT2D eigenvalue weighted by molar-refractivity contribution is 4.90. The van der Waals surface area contributed by atoms with E-state index in [1.165, 1.54) is 0 Å². The number of hydrogen-bond acceptors (Lipinski definition) is 5. The Bertz CT molecular complexity index is 372. The number of ether oxygens (including phenoxy) is 1. The molecule has 2 fully saturated rings. The summed E-state index contributed by atoms with van der Waals surface area (Å²) in [5.74, 6) is 0. The van der Waals surface area contributed by atoms with Crippen LogP contribution in [0.3, 0.4) is 0 Å². The average molecular weight is 266 g/mol. The maximum absolute atomic E-state index is 10.1. The number of aliphatic hydroxyl groups excluding tert-OH is 1. The molecule has 2 aliphatic heterocycles. The molecule has 19 heavy (non-hydrogen) atoms. The van der Waals surface area contributed by atoms with Crippen LogP contribution in [0.15, 0.2) is 18.5 Å². The van der Waals surface area contributed by atoms with Crippen molar-refractivity contribution in [1.82, 2.24) is 19.6 Å². The van der Waals surface area contributed by atoms with Gasteiger partial charge in [-0.05, 0) is 6.07 Å². The van der Waals surface area contributed by atoms with Gasteiger partial charge in [0, 0.05) is 51.7 Å². The van der Waals surface area contributed by atoms with E-state index in [2.05, 4.69) is 14.9 Å². The van der Waals surface area contributed by atoms with Gasteiger partial charge in [0.2, 0.25) is 0 Å². The van der Waals surface area contributed by atoms with Gasteiger partial charge in [-0.15, -0.1) is 0 Å². The lowest BCUT2D eigenvalue weighted by molar-refractivity contribution is -0.00712.